The molecule has 1 atom stereocenters. The molecule has 3 rings (SSSR count). The van der Waals surface area contributed by atoms with Gasteiger partial charge in [0.25, 0.3) is 5.69 Å². The first kappa shape index (κ1) is 21.8. The zero-order chi connectivity index (χ0) is 22.1. The van der Waals surface area contributed by atoms with Crippen LogP contribution in [0.5, 0.6) is 11.5 Å². The summed E-state index contributed by atoms with van der Waals surface area (Å²) in [5, 5.41) is 20.7. The Labute approximate surface area is 167 Å². The number of nitro groups is 1. The molecule has 6 nitrogen and oxygen atoms in total. The smallest absolute Gasteiger partial charge is 0.422 e. The van der Waals surface area contributed by atoms with Crippen LogP contribution in [0.4, 0.5) is 33.3 Å². The van der Waals surface area contributed by atoms with Gasteiger partial charge in [0.05, 0.1) is 18.1 Å². The summed E-state index contributed by atoms with van der Waals surface area (Å²) in [5.41, 5.74) is -5.50. The van der Waals surface area contributed by atoms with Crippen molar-refractivity contribution in [1.29, 1.82) is 0 Å². The Kier molecular flexibility index (Phi) is 5.84. The van der Waals surface area contributed by atoms with Gasteiger partial charge in [-0.2, -0.15) is 13.2 Å². The van der Waals surface area contributed by atoms with Gasteiger partial charge in [0.2, 0.25) is 0 Å². The predicted octanol–water partition coefficient (Wildman–Crippen LogP) is 4.85. The Bertz CT molecular complexity index is 953. The van der Waals surface area contributed by atoms with Crippen molar-refractivity contribution >= 4 is 11.4 Å². The number of benzene rings is 2. The molecule has 0 bridgehead atoms. The van der Waals surface area contributed by atoms with E-state index in [4.69, 9.17) is 4.74 Å². The fourth-order valence-corrected chi connectivity index (χ4v) is 3.44. The molecule has 0 amide bonds. The molecular formula is C19H17F5N2O4. The lowest BCUT2D eigenvalue weighted by Crippen LogP contribution is -2.48. The molecular weight excluding hydrogens is 415 g/mol. The number of ether oxygens (including phenoxy) is 1. The van der Waals surface area contributed by atoms with Crippen molar-refractivity contribution in [2.45, 2.75) is 24.7 Å². The van der Waals surface area contributed by atoms with E-state index in [9.17, 15) is 37.2 Å². The van der Waals surface area contributed by atoms with Crippen LogP contribution in [-0.4, -0.2) is 35.4 Å². The summed E-state index contributed by atoms with van der Waals surface area (Å²) in [7, 11) is 0. The Morgan fingerprint density at radius 3 is 2.50 bits per heavy atom. The quantitative estimate of drug-likeness (QED) is 0.416. The second-order valence-electron chi connectivity index (χ2n) is 6.93. The van der Waals surface area contributed by atoms with Crippen LogP contribution in [0.2, 0.25) is 0 Å². The molecule has 1 N–H and O–H groups in total. The predicted molar refractivity (Wildman–Crippen MR) is 96.9 cm³/mol. The summed E-state index contributed by atoms with van der Waals surface area (Å²) in [6.45, 7) is -1.71. The highest BCUT2D eigenvalue weighted by Gasteiger charge is 2.45. The number of halogens is 5. The number of hydrogen-bond donors (Lipinski definition) is 1. The van der Waals surface area contributed by atoms with Gasteiger partial charge in [-0.15, -0.1) is 0 Å². The number of aliphatic hydroxyl groups is 1. The number of aliphatic hydroxyl groups excluding tert-OH is 1. The van der Waals surface area contributed by atoms with Gasteiger partial charge in [-0.3, -0.25) is 10.1 Å². The van der Waals surface area contributed by atoms with Gasteiger partial charge in [-0.05, 0) is 31.0 Å². The molecule has 1 heterocycles. The van der Waals surface area contributed by atoms with E-state index < -0.39 is 64.2 Å². The van der Waals surface area contributed by atoms with Crippen LogP contribution in [0.25, 0.3) is 0 Å². The first-order valence-corrected chi connectivity index (χ1v) is 8.91. The van der Waals surface area contributed by atoms with Crippen LogP contribution < -0.4 is 9.64 Å². The van der Waals surface area contributed by atoms with E-state index in [0.717, 1.165) is 29.2 Å². The second-order valence-corrected chi connectivity index (χ2v) is 6.93. The average molecular weight is 432 g/mol. The Morgan fingerprint density at radius 1 is 1.20 bits per heavy atom. The topological polar surface area (TPSA) is 75.8 Å². The molecule has 2 aromatic rings. The maximum atomic E-state index is 14.7. The highest BCUT2D eigenvalue weighted by atomic mass is 19.4. The Hall–Kier alpha value is -2.95. The summed E-state index contributed by atoms with van der Waals surface area (Å²) in [4.78, 5) is 11.3. The van der Waals surface area contributed by atoms with Crippen LogP contribution in [0.1, 0.15) is 18.4 Å². The van der Waals surface area contributed by atoms with Gasteiger partial charge in [0.1, 0.15) is 17.0 Å². The Balaban J connectivity index is 2.20. The molecule has 30 heavy (non-hydrogen) atoms. The maximum absolute atomic E-state index is 14.7. The first-order chi connectivity index (χ1) is 14.1. The molecule has 1 saturated heterocycles. The fourth-order valence-electron chi connectivity index (χ4n) is 3.44. The van der Waals surface area contributed by atoms with E-state index in [2.05, 4.69) is 0 Å². The normalized spacial score (nSPS) is 19.6. The number of hydrogen-bond acceptors (Lipinski definition) is 5. The zero-order valence-corrected chi connectivity index (χ0v) is 15.5. The third-order valence-electron chi connectivity index (χ3n) is 4.78. The van der Waals surface area contributed by atoms with E-state index in [1.165, 1.54) is 12.1 Å². The van der Waals surface area contributed by atoms with E-state index in [-0.39, 0.29) is 19.4 Å². The monoisotopic (exact) mass is 432 g/mol. The van der Waals surface area contributed by atoms with Crippen LogP contribution in [-0.2, 0) is 6.18 Å². The average Bonchev–Trinajstić information content (AvgIpc) is 2.68. The highest BCUT2D eigenvalue weighted by Crippen LogP contribution is 2.49. The van der Waals surface area contributed by atoms with Crippen molar-refractivity contribution in [3.05, 3.63) is 57.9 Å². The van der Waals surface area contributed by atoms with Gasteiger partial charge in [0.15, 0.2) is 17.2 Å². The van der Waals surface area contributed by atoms with Gasteiger partial charge in [-0.1, -0.05) is 12.1 Å². The number of anilines is 1. The standard InChI is InChI=1S/C19H17F5N2O4/c20-12-4-1-2-5-14(12)30-15-7-6-13(26(28)29)17(16(15)19(22,23)24)25-9-3-8-18(21,10-25)11-27/h1-2,4-7,27H,3,8-11H2/t18-/m0/s1. The van der Waals surface area contributed by atoms with Crippen LogP contribution in [0.3, 0.4) is 0 Å². The lowest BCUT2D eigenvalue weighted by Gasteiger charge is -2.38. The first-order valence-electron chi connectivity index (χ1n) is 8.91. The number of nitrogens with zero attached hydrogens (tertiary/aromatic N) is 2. The molecule has 0 saturated carbocycles. The van der Waals surface area contributed by atoms with Crippen molar-refractivity contribution in [3.8, 4) is 11.5 Å². The van der Waals surface area contributed by atoms with E-state index >= 15 is 0 Å². The van der Waals surface area contributed by atoms with Crippen molar-refractivity contribution in [2.75, 3.05) is 24.6 Å². The van der Waals surface area contributed by atoms with Gasteiger partial charge >= 0.3 is 6.18 Å². The highest BCUT2D eigenvalue weighted by molar-refractivity contribution is 5.73. The summed E-state index contributed by atoms with van der Waals surface area (Å²) in [6, 6.07) is 6.29. The van der Waals surface area contributed by atoms with E-state index in [0.29, 0.717) is 0 Å². The molecule has 1 aliphatic heterocycles. The SMILES string of the molecule is O=[N+]([O-])c1ccc(Oc2ccccc2F)c(C(F)(F)F)c1N1CCC[C@@](F)(CO)C1. The number of alkyl halides is 4. The molecule has 2 aromatic carbocycles. The molecule has 11 heteroatoms. The molecule has 0 aromatic heterocycles. The lowest BCUT2D eigenvalue weighted by molar-refractivity contribution is -0.384. The molecule has 0 aliphatic carbocycles. The fraction of sp³-hybridized carbons (Fsp3) is 0.368. The lowest BCUT2D eigenvalue weighted by atomic mass is 9.94. The van der Waals surface area contributed by atoms with E-state index in [1.807, 2.05) is 0 Å². The molecule has 1 aliphatic rings. The van der Waals surface area contributed by atoms with Crippen molar-refractivity contribution < 1.29 is 36.7 Å². The molecule has 0 unspecified atom stereocenters. The minimum atomic E-state index is -5.13. The summed E-state index contributed by atoms with van der Waals surface area (Å²) >= 11 is 0. The number of nitro benzene ring substituents is 1. The molecule has 0 radical (unpaired) electrons. The zero-order valence-electron chi connectivity index (χ0n) is 15.5. The Morgan fingerprint density at radius 2 is 1.90 bits per heavy atom. The second kappa shape index (κ2) is 8.05. The largest absolute Gasteiger partial charge is 0.454 e. The summed E-state index contributed by atoms with van der Waals surface area (Å²) in [5.74, 6) is -2.28. The summed E-state index contributed by atoms with van der Waals surface area (Å²) < 4.78 is 75.8. The molecule has 0 spiro atoms. The summed E-state index contributed by atoms with van der Waals surface area (Å²) in [6.07, 6.45) is -5.15. The third-order valence-corrected chi connectivity index (χ3v) is 4.78. The van der Waals surface area contributed by atoms with Crippen molar-refractivity contribution in [1.82, 2.24) is 0 Å². The minimum Gasteiger partial charge on any atom is -0.454 e. The third kappa shape index (κ3) is 4.30. The number of para-hydroxylation sites is 1. The van der Waals surface area contributed by atoms with Crippen molar-refractivity contribution in [2.24, 2.45) is 0 Å². The number of piperidine rings is 1. The van der Waals surface area contributed by atoms with Gasteiger partial charge < -0.3 is 14.7 Å². The molecule has 162 valence electrons. The van der Waals surface area contributed by atoms with E-state index in [1.54, 1.807) is 0 Å². The van der Waals surface area contributed by atoms with Crippen LogP contribution in [0.15, 0.2) is 36.4 Å². The van der Waals surface area contributed by atoms with Gasteiger partial charge in [0, 0.05) is 12.6 Å². The van der Waals surface area contributed by atoms with Crippen LogP contribution in [0, 0.1) is 15.9 Å². The minimum absolute atomic E-state index is 0.0733. The number of rotatable bonds is 5. The maximum Gasteiger partial charge on any atom is 0.422 e. The van der Waals surface area contributed by atoms with Crippen LogP contribution >= 0.6 is 0 Å². The van der Waals surface area contributed by atoms with Gasteiger partial charge in [-0.25, -0.2) is 8.78 Å². The molecule has 1 fully saturated rings. The van der Waals surface area contributed by atoms with Crippen molar-refractivity contribution in [3.63, 3.8) is 0 Å².